The molecule has 1 N–H and O–H groups in total. The van der Waals surface area contributed by atoms with Gasteiger partial charge in [0.15, 0.2) is 0 Å². The maximum atomic E-state index is 12.0. The minimum atomic E-state index is -0.170. The fourth-order valence-electron chi connectivity index (χ4n) is 2.87. The molecule has 0 aromatic heterocycles. The van der Waals surface area contributed by atoms with Crippen LogP contribution < -0.4 is 5.32 Å². The number of nitrogens with zero attached hydrogens (tertiary/aromatic N) is 1. The number of hydrogen-bond acceptors (Lipinski definition) is 2. The number of piperazine rings is 1. The van der Waals surface area contributed by atoms with Gasteiger partial charge in [0.25, 0.3) is 0 Å². The molecule has 2 fully saturated rings. The first-order valence-corrected chi connectivity index (χ1v) is 7.81. The number of rotatable bonds is 8. The van der Waals surface area contributed by atoms with Gasteiger partial charge in [-0.2, -0.15) is 0 Å². The number of hydrogen-bond donors (Lipinski definition) is 1. The molecule has 0 bridgehead atoms. The van der Waals surface area contributed by atoms with Crippen molar-refractivity contribution in [3.05, 3.63) is 0 Å². The van der Waals surface area contributed by atoms with Gasteiger partial charge in [0.2, 0.25) is 11.8 Å². The lowest BCUT2D eigenvalue weighted by molar-refractivity contribution is -0.146. The zero-order chi connectivity index (χ0) is 13.7. The Morgan fingerprint density at radius 3 is 2.47 bits per heavy atom. The van der Waals surface area contributed by atoms with E-state index in [-0.39, 0.29) is 24.4 Å². The zero-order valence-electron chi connectivity index (χ0n) is 12.0. The molecule has 2 aliphatic rings. The molecule has 4 heteroatoms. The van der Waals surface area contributed by atoms with Gasteiger partial charge in [0, 0.05) is 6.54 Å². The highest BCUT2D eigenvalue weighted by Gasteiger charge is 2.44. The van der Waals surface area contributed by atoms with E-state index in [0.29, 0.717) is 5.92 Å². The fraction of sp³-hybridized carbons (Fsp3) is 0.867. The van der Waals surface area contributed by atoms with Crippen LogP contribution in [0.25, 0.3) is 0 Å². The van der Waals surface area contributed by atoms with Gasteiger partial charge in [-0.3, -0.25) is 9.59 Å². The number of carbonyl (C=O) groups excluding carboxylic acids is 2. The second-order valence-electron chi connectivity index (χ2n) is 5.85. The van der Waals surface area contributed by atoms with Crippen molar-refractivity contribution in [2.45, 2.75) is 64.3 Å². The van der Waals surface area contributed by atoms with Crippen LogP contribution >= 0.6 is 0 Å². The van der Waals surface area contributed by atoms with Crippen molar-refractivity contribution in [1.29, 1.82) is 0 Å². The van der Waals surface area contributed by atoms with E-state index in [0.717, 1.165) is 25.8 Å². The molecular formula is C15H26N2O2. The topological polar surface area (TPSA) is 49.4 Å². The maximum absolute atomic E-state index is 12.0. The monoisotopic (exact) mass is 266 g/mol. The van der Waals surface area contributed by atoms with Crippen LogP contribution in [0.2, 0.25) is 0 Å². The van der Waals surface area contributed by atoms with Crippen molar-refractivity contribution in [2.75, 3.05) is 13.1 Å². The summed E-state index contributed by atoms with van der Waals surface area (Å²) in [6, 6.07) is -0.170. The molecule has 108 valence electrons. The summed E-state index contributed by atoms with van der Waals surface area (Å²) in [4.78, 5) is 25.7. The van der Waals surface area contributed by atoms with Crippen molar-refractivity contribution in [3.63, 3.8) is 0 Å². The molecule has 0 aromatic carbocycles. The van der Waals surface area contributed by atoms with Crippen LogP contribution in [0.5, 0.6) is 0 Å². The smallest absolute Gasteiger partial charge is 0.243 e. The SMILES string of the molecule is CCCCCCCCN1C(=O)CNC(=O)C1C1CC1. The van der Waals surface area contributed by atoms with Gasteiger partial charge in [0.05, 0.1) is 6.54 Å². The Labute approximate surface area is 115 Å². The van der Waals surface area contributed by atoms with Gasteiger partial charge in [0.1, 0.15) is 6.04 Å². The minimum Gasteiger partial charge on any atom is -0.345 e. The summed E-state index contributed by atoms with van der Waals surface area (Å²) >= 11 is 0. The molecule has 2 rings (SSSR count). The van der Waals surface area contributed by atoms with Crippen LogP contribution in [0, 0.1) is 5.92 Å². The molecular weight excluding hydrogens is 240 g/mol. The zero-order valence-corrected chi connectivity index (χ0v) is 12.0. The highest BCUT2D eigenvalue weighted by molar-refractivity contribution is 5.95. The first kappa shape index (κ1) is 14.4. The third-order valence-corrected chi connectivity index (χ3v) is 4.16. The summed E-state index contributed by atoms with van der Waals surface area (Å²) in [6.07, 6.45) is 9.49. The van der Waals surface area contributed by atoms with Crippen molar-refractivity contribution in [2.24, 2.45) is 5.92 Å². The van der Waals surface area contributed by atoms with Gasteiger partial charge >= 0.3 is 0 Å². The standard InChI is InChI=1S/C15H26N2O2/c1-2-3-4-5-6-7-10-17-13(18)11-16-15(19)14(17)12-8-9-12/h12,14H,2-11H2,1H3,(H,16,19). The van der Waals surface area contributed by atoms with Crippen LogP contribution in [0.15, 0.2) is 0 Å². The summed E-state index contributed by atoms with van der Waals surface area (Å²) in [7, 11) is 0. The molecule has 1 saturated heterocycles. The second-order valence-corrected chi connectivity index (χ2v) is 5.85. The third-order valence-electron chi connectivity index (χ3n) is 4.16. The predicted octanol–water partition coefficient (Wildman–Crippen LogP) is 2.08. The number of amides is 2. The van der Waals surface area contributed by atoms with Crippen molar-refractivity contribution in [3.8, 4) is 0 Å². The Balaban J connectivity index is 1.75. The van der Waals surface area contributed by atoms with Crippen molar-refractivity contribution >= 4 is 11.8 Å². The summed E-state index contributed by atoms with van der Waals surface area (Å²) in [5.41, 5.74) is 0. The predicted molar refractivity (Wildman–Crippen MR) is 74.6 cm³/mol. The molecule has 0 radical (unpaired) electrons. The van der Waals surface area contributed by atoms with Crippen LogP contribution in [-0.2, 0) is 9.59 Å². The van der Waals surface area contributed by atoms with Gasteiger partial charge in [-0.05, 0) is 25.2 Å². The first-order valence-electron chi connectivity index (χ1n) is 7.81. The first-order chi connectivity index (χ1) is 9.24. The quantitative estimate of drug-likeness (QED) is 0.684. The van der Waals surface area contributed by atoms with Gasteiger partial charge < -0.3 is 10.2 Å². The fourth-order valence-corrected chi connectivity index (χ4v) is 2.87. The van der Waals surface area contributed by atoms with Gasteiger partial charge in [-0.25, -0.2) is 0 Å². The van der Waals surface area contributed by atoms with E-state index >= 15 is 0 Å². The molecule has 1 aliphatic heterocycles. The normalized spacial score (nSPS) is 23.6. The molecule has 0 aromatic rings. The summed E-state index contributed by atoms with van der Waals surface area (Å²) in [5.74, 6) is 0.586. The molecule has 19 heavy (non-hydrogen) atoms. The molecule has 1 aliphatic carbocycles. The highest BCUT2D eigenvalue weighted by atomic mass is 16.2. The van der Waals surface area contributed by atoms with E-state index in [1.165, 1.54) is 32.1 Å². The van der Waals surface area contributed by atoms with Crippen LogP contribution in [0.4, 0.5) is 0 Å². The Hall–Kier alpha value is -1.06. The summed E-state index contributed by atoms with van der Waals surface area (Å²) in [5, 5.41) is 2.72. The lowest BCUT2D eigenvalue weighted by atomic mass is 10.1. The van der Waals surface area contributed by atoms with E-state index in [1.54, 1.807) is 0 Å². The number of carbonyl (C=O) groups is 2. The van der Waals surface area contributed by atoms with E-state index in [1.807, 2.05) is 4.90 Å². The Morgan fingerprint density at radius 1 is 1.11 bits per heavy atom. The molecule has 1 saturated carbocycles. The average Bonchev–Trinajstić information content (AvgIpc) is 3.22. The van der Waals surface area contributed by atoms with Gasteiger partial charge in [-0.1, -0.05) is 39.0 Å². The van der Waals surface area contributed by atoms with Crippen molar-refractivity contribution < 1.29 is 9.59 Å². The van der Waals surface area contributed by atoms with Gasteiger partial charge in [-0.15, -0.1) is 0 Å². The molecule has 0 spiro atoms. The average molecular weight is 266 g/mol. The van der Waals surface area contributed by atoms with Crippen molar-refractivity contribution in [1.82, 2.24) is 10.2 Å². The Bertz CT molecular complexity index is 326. The lowest BCUT2D eigenvalue weighted by Gasteiger charge is -2.35. The van der Waals surface area contributed by atoms with Crippen LogP contribution in [0.3, 0.4) is 0 Å². The molecule has 2 amide bonds. The Kier molecular flexibility index (Phi) is 5.23. The van der Waals surface area contributed by atoms with E-state index < -0.39 is 0 Å². The van der Waals surface area contributed by atoms with E-state index in [2.05, 4.69) is 12.2 Å². The summed E-state index contributed by atoms with van der Waals surface area (Å²) in [6.45, 7) is 3.17. The lowest BCUT2D eigenvalue weighted by Crippen LogP contribution is -2.59. The van der Waals surface area contributed by atoms with E-state index in [9.17, 15) is 9.59 Å². The maximum Gasteiger partial charge on any atom is 0.243 e. The van der Waals surface area contributed by atoms with E-state index in [4.69, 9.17) is 0 Å². The molecule has 1 atom stereocenters. The third kappa shape index (κ3) is 3.95. The second kappa shape index (κ2) is 6.92. The number of nitrogens with one attached hydrogen (secondary N) is 1. The van der Waals surface area contributed by atoms with Crippen LogP contribution in [0.1, 0.15) is 58.3 Å². The number of unbranched alkanes of at least 4 members (excludes halogenated alkanes) is 5. The Morgan fingerprint density at radius 2 is 1.79 bits per heavy atom. The largest absolute Gasteiger partial charge is 0.345 e. The summed E-state index contributed by atoms with van der Waals surface area (Å²) < 4.78 is 0. The van der Waals surface area contributed by atoms with Crippen LogP contribution in [-0.4, -0.2) is 35.8 Å². The molecule has 1 heterocycles. The molecule has 1 unspecified atom stereocenters. The molecule has 4 nitrogen and oxygen atoms in total. The highest BCUT2D eigenvalue weighted by Crippen LogP contribution is 2.36. The minimum absolute atomic E-state index is 0.0630.